The van der Waals surface area contributed by atoms with Gasteiger partial charge in [-0.2, -0.15) is 10.2 Å². The molecule has 0 atom stereocenters. The summed E-state index contributed by atoms with van der Waals surface area (Å²) in [7, 11) is 0. The van der Waals surface area contributed by atoms with E-state index in [0.29, 0.717) is 0 Å². The van der Waals surface area contributed by atoms with Crippen LogP contribution < -0.4 is 22.9 Å². The van der Waals surface area contributed by atoms with Gasteiger partial charge >= 0.3 is 0 Å². The first-order valence-corrected chi connectivity index (χ1v) is 9.37. The molecule has 1 aromatic heterocycles. The second-order valence-electron chi connectivity index (χ2n) is 5.95. The van der Waals surface area contributed by atoms with Crippen LogP contribution in [0.1, 0.15) is 11.1 Å². The molecule has 8 N–H and O–H groups in total. The number of nitrogens with two attached hydrogens (primary N) is 4. The van der Waals surface area contributed by atoms with E-state index < -0.39 is 0 Å². The average Bonchev–Trinajstić information content (AvgIpc) is 3.19. The van der Waals surface area contributed by atoms with E-state index in [1.807, 2.05) is 48.5 Å². The Morgan fingerprint density at radius 1 is 0.581 bits per heavy atom. The molecule has 162 valence electrons. The summed E-state index contributed by atoms with van der Waals surface area (Å²) in [5.74, 6) is -0.142. The molecule has 31 heavy (non-hydrogen) atoms. The molecular formula is C20H22Cl2N8S. The summed E-state index contributed by atoms with van der Waals surface area (Å²) < 4.78 is 0. The molecule has 0 saturated heterocycles. The van der Waals surface area contributed by atoms with E-state index in [2.05, 4.69) is 32.5 Å². The van der Waals surface area contributed by atoms with E-state index in [9.17, 15) is 0 Å². The van der Waals surface area contributed by atoms with Gasteiger partial charge in [0.2, 0.25) is 11.9 Å². The Hall–Kier alpha value is -3.40. The fourth-order valence-corrected chi connectivity index (χ4v) is 3.46. The quantitative estimate of drug-likeness (QED) is 0.245. The van der Waals surface area contributed by atoms with Crippen LogP contribution in [0.4, 0.5) is 0 Å². The highest BCUT2D eigenvalue weighted by Crippen LogP contribution is 2.34. The molecule has 3 aromatic rings. The van der Waals surface area contributed by atoms with Crippen molar-refractivity contribution in [3.8, 4) is 20.9 Å². The van der Waals surface area contributed by atoms with Gasteiger partial charge in [0.25, 0.3) is 0 Å². The van der Waals surface area contributed by atoms with Gasteiger partial charge in [0, 0.05) is 9.75 Å². The summed E-state index contributed by atoms with van der Waals surface area (Å²) in [6, 6.07) is 20.2. The fraction of sp³-hybridized carbons (Fsp3) is 0. The zero-order valence-electron chi connectivity index (χ0n) is 16.3. The van der Waals surface area contributed by atoms with Crippen molar-refractivity contribution in [2.75, 3.05) is 0 Å². The predicted octanol–water partition coefficient (Wildman–Crippen LogP) is 3.14. The van der Waals surface area contributed by atoms with Crippen molar-refractivity contribution in [3.63, 3.8) is 0 Å². The van der Waals surface area contributed by atoms with Gasteiger partial charge in [-0.3, -0.25) is 0 Å². The van der Waals surface area contributed by atoms with Crippen molar-refractivity contribution in [1.82, 2.24) is 0 Å². The van der Waals surface area contributed by atoms with E-state index in [0.717, 1.165) is 22.3 Å². The van der Waals surface area contributed by atoms with Gasteiger partial charge in [0.15, 0.2) is 0 Å². The fourth-order valence-electron chi connectivity index (χ4n) is 2.44. The number of guanidine groups is 2. The number of hydrogen-bond donors (Lipinski definition) is 4. The largest absolute Gasteiger partial charge is 0.369 e. The van der Waals surface area contributed by atoms with Crippen LogP contribution in [0.5, 0.6) is 0 Å². The maximum atomic E-state index is 5.24. The van der Waals surface area contributed by atoms with Gasteiger partial charge in [-0.15, -0.1) is 46.4 Å². The summed E-state index contributed by atoms with van der Waals surface area (Å²) in [6.45, 7) is 0. The van der Waals surface area contributed by atoms with Crippen molar-refractivity contribution >= 4 is 60.5 Å². The molecule has 0 unspecified atom stereocenters. The summed E-state index contributed by atoms with van der Waals surface area (Å²) in [6.07, 6.45) is 3.20. The molecule has 0 aliphatic carbocycles. The van der Waals surface area contributed by atoms with Gasteiger partial charge in [-0.05, 0) is 34.4 Å². The van der Waals surface area contributed by atoms with Crippen LogP contribution in [0.25, 0.3) is 20.9 Å². The number of hydrogen-bond acceptors (Lipinski definition) is 5. The Balaban J connectivity index is 0.00000240. The molecule has 0 fully saturated rings. The normalized spacial score (nSPS) is 10.3. The number of rotatable bonds is 6. The predicted molar refractivity (Wildman–Crippen MR) is 136 cm³/mol. The number of halogens is 2. The van der Waals surface area contributed by atoms with E-state index in [1.54, 1.807) is 23.8 Å². The van der Waals surface area contributed by atoms with Crippen molar-refractivity contribution in [3.05, 3.63) is 71.8 Å². The molecule has 1 heterocycles. The highest BCUT2D eigenvalue weighted by atomic mass is 35.5. The van der Waals surface area contributed by atoms with Crippen LogP contribution in [0.3, 0.4) is 0 Å². The van der Waals surface area contributed by atoms with E-state index >= 15 is 0 Å². The first kappa shape index (κ1) is 25.6. The molecule has 2 aromatic carbocycles. The lowest BCUT2D eigenvalue weighted by Gasteiger charge is -2.00. The Labute approximate surface area is 196 Å². The first-order valence-electron chi connectivity index (χ1n) is 8.56. The highest BCUT2D eigenvalue weighted by Gasteiger charge is 2.05. The van der Waals surface area contributed by atoms with Crippen molar-refractivity contribution in [1.29, 1.82) is 0 Å². The van der Waals surface area contributed by atoms with Gasteiger partial charge in [0.05, 0.1) is 12.4 Å². The Kier molecular flexibility index (Phi) is 10.2. The minimum atomic E-state index is -0.0712. The monoisotopic (exact) mass is 476 g/mol. The molecule has 3 rings (SSSR count). The summed E-state index contributed by atoms with van der Waals surface area (Å²) in [4.78, 5) is 2.34. The lowest BCUT2D eigenvalue weighted by molar-refractivity contribution is 1.21. The van der Waals surface area contributed by atoms with Crippen LogP contribution in [0.15, 0.2) is 81.1 Å². The molecule has 0 saturated carbocycles. The third-order valence-electron chi connectivity index (χ3n) is 3.76. The molecule has 8 nitrogen and oxygen atoms in total. The minimum absolute atomic E-state index is 0. The Morgan fingerprint density at radius 3 is 1.26 bits per heavy atom. The molecule has 0 radical (unpaired) electrons. The molecule has 0 spiro atoms. The average molecular weight is 477 g/mol. The van der Waals surface area contributed by atoms with Crippen LogP contribution in [0, 0.1) is 0 Å². The Bertz CT molecular complexity index is 993. The number of benzene rings is 2. The van der Waals surface area contributed by atoms with Crippen molar-refractivity contribution in [2.45, 2.75) is 0 Å². The SMILES string of the molecule is Cl.Cl.NC(N)=N/N=C/c1ccc(-c2ccc(-c3ccc(/C=N/N=C(N)N)cc3)s2)cc1. The third kappa shape index (κ3) is 7.74. The number of thiophene rings is 1. The van der Waals surface area contributed by atoms with Crippen LogP contribution in [-0.4, -0.2) is 24.3 Å². The molecule has 11 heteroatoms. The standard InChI is InChI=1S/C20H20N8S.2ClH/c21-19(22)27-25-11-13-1-5-15(6-2-13)17-9-10-18(29-17)16-7-3-14(4-8-16)12-26-28-20(23)24;;/h1-12H,(H4,21,22,27)(H4,23,24,28);2*1H/b25-11+,26-12+;;. The highest BCUT2D eigenvalue weighted by molar-refractivity contribution is 7.18. The van der Waals surface area contributed by atoms with Gasteiger partial charge < -0.3 is 22.9 Å². The summed E-state index contributed by atoms with van der Waals surface area (Å²) in [5.41, 5.74) is 25.0. The maximum Gasteiger partial charge on any atom is 0.211 e. The zero-order valence-corrected chi connectivity index (χ0v) is 18.7. The van der Waals surface area contributed by atoms with Gasteiger partial charge in [-0.1, -0.05) is 48.5 Å². The van der Waals surface area contributed by atoms with Crippen LogP contribution in [0.2, 0.25) is 0 Å². The van der Waals surface area contributed by atoms with Gasteiger partial charge in [0.1, 0.15) is 0 Å². The number of nitrogens with zero attached hydrogens (tertiary/aromatic N) is 4. The molecule has 0 aliphatic rings. The van der Waals surface area contributed by atoms with E-state index in [-0.39, 0.29) is 36.7 Å². The lowest BCUT2D eigenvalue weighted by atomic mass is 10.1. The molecule has 0 bridgehead atoms. The second kappa shape index (κ2) is 12.3. The van der Waals surface area contributed by atoms with Gasteiger partial charge in [-0.25, -0.2) is 0 Å². The van der Waals surface area contributed by atoms with E-state index in [4.69, 9.17) is 22.9 Å². The molecular weight excluding hydrogens is 455 g/mol. The molecule has 0 aliphatic heterocycles. The zero-order chi connectivity index (χ0) is 20.6. The van der Waals surface area contributed by atoms with E-state index in [1.165, 1.54) is 9.75 Å². The third-order valence-corrected chi connectivity index (χ3v) is 4.94. The smallest absolute Gasteiger partial charge is 0.211 e. The minimum Gasteiger partial charge on any atom is -0.369 e. The summed E-state index contributed by atoms with van der Waals surface area (Å²) >= 11 is 1.72. The van der Waals surface area contributed by atoms with Crippen molar-refractivity contribution in [2.24, 2.45) is 43.3 Å². The summed E-state index contributed by atoms with van der Waals surface area (Å²) in [5, 5.41) is 14.8. The topological polar surface area (TPSA) is 154 Å². The lowest BCUT2D eigenvalue weighted by Crippen LogP contribution is -2.21. The second-order valence-corrected chi connectivity index (χ2v) is 7.03. The van der Waals surface area contributed by atoms with Crippen LogP contribution >= 0.6 is 36.2 Å². The molecule has 0 amide bonds. The van der Waals surface area contributed by atoms with Crippen molar-refractivity contribution < 1.29 is 0 Å². The Morgan fingerprint density at radius 2 is 0.935 bits per heavy atom. The first-order chi connectivity index (χ1) is 14.0. The maximum absolute atomic E-state index is 5.24. The van der Waals surface area contributed by atoms with Crippen LogP contribution in [-0.2, 0) is 0 Å².